The van der Waals surface area contributed by atoms with Gasteiger partial charge in [-0.1, -0.05) is 0 Å². The van der Waals surface area contributed by atoms with Crippen LogP contribution in [-0.2, 0) is 0 Å². The van der Waals surface area contributed by atoms with Crippen LogP contribution in [0.1, 0.15) is 43.6 Å². The fraction of sp³-hybridized carbons (Fsp3) is 0.391. The lowest BCUT2D eigenvalue weighted by Crippen LogP contribution is -2.15. The van der Waals surface area contributed by atoms with Crippen LogP contribution in [0.15, 0.2) is 42.6 Å². The Balaban J connectivity index is 1.30. The van der Waals surface area contributed by atoms with Gasteiger partial charge in [-0.2, -0.15) is 0 Å². The third-order valence-corrected chi connectivity index (χ3v) is 5.87. The van der Waals surface area contributed by atoms with Gasteiger partial charge >= 0.3 is 0 Å². The first-order valence-electron chi connectivity index (χ1n) is 9.87. The van der Waals surface area contributed by atoms with E-state index in [0.717, 1.165) is 43.0 Å². The molecule has 0 saturated heterocycles. The number of ether oxygens (including phenoxy) is 2. The Morgan fingerprint density at radius 2 is 1.71 bits per heavy atom. The van der Waals surface area contributed by atoms with Crippen molar-refractivity contribution in [3.05, 3.63) is 59.8 Å². The molecular weight excluding hydrogens is 360 g/mol. The number of hydrogen-bond donors (Lipinski definition) is 1. The SMILES string of the molecule is COc1ccc(F)cc1OCCC1CCC(c2c[nH]c3cc(F)ccc23)CC1. The van der Waals surface area contributed by atoms with Crippen molar-refractivity contribution in [3.63, 3.8) is 0 Å². The van der Waals surface area contributed by atoms with Crippen LogP contribution < -0.4 is 9.47 Å². The lowest BCUT2D eigenvalue weighted by Gasteiger charge is -2.28. The molecule has 2 aromatic carbocycles. The summed E-state index contributed by atoms with van der Waals surface area (Å²) < 4.78 is 37.8. The molecule has 1 aliphatic rings. The van der Waals surface area contributed by atoms with Crippen molar-refractivity contribution in [2.24, 2.45) is 5.92 Å². The molecule has 0 spiro atoms. The maximum atomic E-state index is 13.4. The molecule has 4 rings (SSSR count). The van der Waals surface area contributed by atoms with Crippen LogP contribution in [0.3, 0.4) is 0 Å². The third kappa shape index (κ3) is 3.98. The topological polar surface area (TPSA) is 34.2 Å². The first-order chi connectivity index (χ1) is 13.6. The molecule has 1 heterocycles. The van der Waals surface area contributed by atoms with E-state index in [1.54, 1.807) is 19.2 Å². The van der Waals surface area contributed by atoms with Gasteiger partial charge in [-0.05, 0) is 79.8 Å². The normalized spacial score (nSPS) is 19.7. The molecule has 1 aliphatic carbocycles. The summed E-state index contributed by atoms with van der Waals surface area (Å²) in [5, 5.41) is 1.13. The molecule has 3 nitrogen and oxygen atoms in total. The molecule has 1 fully saturated rings. The average Bonchev–Trinajstić information content (AvgIpc) is 3.12. The molecule has 1 N–H and O–H groups in total. The fourth-order valence-corrected chi connectivity index (χ4v) is 4.32. The predicted octanol–water partition coefficient (Wildman–Crippen LogP) is 6.20. The van der Waals surface area contributed by atoms with E-state index < -0.39 is 0 Å². The highest BCUT2D eigenvalue weighted by Gasteiger charge is 2.24. The van der Waals surface area contributed by atoms with Crippen molar-refractivity contribution in [2.45, 2.75) is 38.0 Å². The number of halogens is 2. The first-order valence-corrected chi connectivity index (χ1v) is 9.87. The van der Waals surface area contributed by atoms with E-state index in [1.807, 2.05) is 12.3 Å². The number of benzene rings is 2. The molecule has 0 radical (unpaired) electrons. The monoisotopic (exact) mass is 385 g/mol. The molecule has 1 saturated carbocycles. The van der Waals surface area contributed by atoms with Crippen molar-refractivity contribution < 1.29 is 18.3 Å². The van der Waals surface area contributed by atoms with Gasteiger partial charge in [-0.15, -0.1) is 0 Å². The van der Waals surface area contributed by atoms with Crippen LogP contribution in [0.25, 0.3) is 10.9 Å². The zero-order valence-electron chi connectivity index (χ0n) is 16.0. The summed E-state index contributed by atoms with van der Waals surface area (Å²) in [7, 11) is 1.56. The molecule has 0 aliphatic heterocycles. The van der Waals surface area contributed by atoms with Gasteiger partial charge in [0.25, 0.3) is 0 Å². The highest BCUT2D eigenvalue weighted by Crippen LogP contribution is 2.40. The van der Waals surface area contributed by atoms with Crippen molar-refractivity contribution in [1.82, 2.24) is 4.98 Å². The second-order valence-corrected chi connectivity index (χ2v) is 7.58. The van der Waals surface area contributed by atoms with Gasteiger partial charge < -0.3 is 14.5 Å². The molecular formula is C23H25F2NO2. The summed E-state index contributed by atoms with van der Waals surface area (Å²) in [4.78, 5) is 3.20. The quantitative estimate of drug-likeness (QED) is 0.548. The largest absolute Gasteiger partial charge is 0.493 e. The minimum atomic E-state index is -0.324. The van der Waals surface area contributed by atoms with Gasteiger partial charge in [0.15, 0.2) is 11.5 Å². The zero-order chi connectivity index (χ0) is 19.5. The summed E-state index contributed by atoms with van der Waals surface area (Å²) in [6, 6.07) is 9.29. The fourth-order valence-electron chi connectivity index (χ4n) is 4.32. The number of rotatable bonds is 6. The summed E-state index contributed by atoms with van der Waals surface area (Å²) >= 11 is 0. The number of H-pyrrole nitrogens is 1. The maximum Gasteiger partial charge on any atom is 0.164 e. The van der Waals surface area contributed by atoms with Crippen molar-refractivity contribution in [2.75, 3.05) is 13.7 Å². The molecule has 148 valence electrons. The summed E-state index contributed by atoms with van der Waals surface area (Å²) in [5.74, 6) is 1.61. The molecule has 1 aromatic heterocycles. The molecule has 3 aromatic rings. The highest BCUT2D eigenvalue weighted by molar-refractivity contribution is 5.83. The van der Waals surface area contributed by atoms with Crippen molar-refractivity contribution in [3.8, 4) is 11.5 Å². The molecule has 0 atom stereocenters. The van der Waals surface area contributed by atoms with Gasteiger partial charge in [0.1, 0.15) is 11.6 Å². The van der Waals surface area contributed by atoms with Gasteiger partial charge in [-0.3, -0.25) is 0 Å². The summed E-state index contributed by atoms with van der Waals surface area (Å²) in [6.07, 6.45) is 7.51. The number of aromatic amines is 1. The number of fused-ring (bicyclic) bond motifs is 1. The third-order valence-electron chi connectivity index (χ3n) is 5.87. The Bertz CT molecular complexity index is 945. The molecule has 5 heteroatoms. The number of nitrogens with one attached hydrogen (secondary N) is 1. The number of methoxy groups -OCH3 is 1. The molecule has 0 bridgehead atoms. The molecule has 28 heavy (non-hydrogen) atoms. The second kappa shape index (κ2) is 8.21. The van der Waals surface area contributed by atoms with E-state index in [-0.39, 0.29) is 11.6 Å². The van der Waals surface area contributed by atoms with Gasteiger partial charge in [0.05, 0.1) is 13.7 Å². The van der Waals surface area contributed by atoms with Crippen molar-refractivity contribution >= 4 is 10.9 Å². The van der Waals surface area contributed by atoms with Crippen molar-refractivity contribution in [1.29, 1.82) is 0 Å². The summed E-state index contributed by atoms with van der Waals surface area (Å²) in [5.41, 5.74) is 2.17. The van der Waals surface area contributed by atoms with Gasteiger partial charge in [-0.25, -0.2) is 8.78 Å². The van der Waals surface area contributed by atoms with E-state index in [2.05, 4.69) is 4.98 Å². The van der Waals surface area contributed by atoms with Gasteiger partial charge in [0.2, 0.25) is 0 Å². The number of aromatic nitrogens is 1. The smallest absolute Gasteiger partial charge is 0.164 e. The van der Waals surface area contributed by atoms with Crippen LogP contribution in [0, 0.1) is 17.6 Å². The standard InChI is InChI=1S/C23H25F2NO2/c1-27-22-9-7-18(25)13-23(22)28-11-10-15-2-4-16(5-3-15)20-14-26-21-12-17(24)6-8-19(20)21/h6-9,12-16,26H,2-5,10-11H2,1H3. The van der Waals surface area contributed by atoms with E-state index in [1.165, 1.54) is 23.8 Å². The second-order valence-electron chi connectivity index (χ2n) is 7.58. The average molecular weight is 385 g/mol. The Labute approximate surface area is 163 Å². The molecule has 0 unspecified atom stereocenters. The van der Waals surface area contributed by atoms with Crippen LogP contribution in [-0.4, -0.2) is 18.7 Å². The predicted molar refractivity (Wildman–Crippen MR) is 106 cm³/mol. The van der Waals surface area contributed by atoms with E-state index in [4.69, 9.17) is 9.47 Å². The van der Waals surface area contributed by atoms with Crippen LogP contribution >= 0.6 is 0 Å². The lowest BCUT2D eigenvalue weighted by molar-refractivity contribution is 0.230. The van der Waals surface area contributed by atoms with Crippen LogP contribution in [0.4, 0.5) is 8.78 Å². The van der Waals surface area contributed by atoms with E-state index >= 15 is 0 Å². The highest BCUT2D eigenvalue weighted by atomic mass is 19.1. The zero-order valence-corrected chi connectivity index (χ0v) is 16.0. The van der Waals surface area contributed by atoms with Crippen LogP contribution in [0.2, 0.25) is 0 Å². The van der Waals surface area contributed by atoms with E-state index in [0.29, 0.717) is 29.9 Å². The Morgan fingerprint density at radius 3 is 2.50 bits per heavy atom. The maximum absolute atomic E-state index is 13.4. The number of hydrogen-bond acceptors (Lipinski definition) is 2. The Hall–Kier alpha value is -2.56. The molecule has 0 amide bonds. The lowest BCUT2D eigenvalue weighted by atomic mass is 9.77. The van der Waals surface area contributed by atoms with E-state index in [9.17, 15) is 8.78 Å². The Morgan fingerprint density at radius 1 is 0.964 bits per heavy atom. The Kier molecular flexibility index (Phi) is 5.51. The first kappa shape index (κ1) is 18.8. The minimum Gasteiger partial charge on any atom is -0.493 e. The van der Waals surface area contributed by atoms with Gasteiger partial charge in [0, 0.05) is 23.2 Å². The minimum absolute atomic E-state index is 0.209. The summed E-state index contributed by atoms with van der Waals surface area (Å²) in [6.45, 7) is 0.557. The van der Waals surface area contributed by atoms with Crippen LogP contribution in [0.5, 0.6) is 11.5 Å².